The van der Waals surface area contributed by atoms with Crippen LogP contribution in [0.15, 0.2) is 82.8 Å². The van der Waals surface area contributed by atoms with Gasteiger partial charge in [0.2, 0.25) is 0 Å². The lowest BCUT2D eigenvalue weighted by Gasteiger charge is -2.18. The number of aromatic amines is 1. The number of amides is 3. The van der Waals surface area contributed by atoms with Gasteiger partial charge in [-0.2, -0.15) is 26.3 Å². The Balaban J connectivity index is 0.000000470. The molecule has 2 N–H and O–H groups in total. The summed E-state index contributed by atoms with van der Waals surface area (Å²) in [6.45, 7) is -0.334. The van der Waals surface area contributed by atoms with Crippen molar-refractivity contribution < 1.29 is 45.8 Å². The summed E-state index contributed by atoms with van der Waals surface area (Å²) in [6, 6.07) is 14.4. The van der Waals surface area contributed by atoms with E-state index < -0.39 is 35.8 Å². The molecule has 0 bridgehead atoms. The van der Waals surface area contributed by atoms with Crippen LogP contribution in [0.3, 0.4) is 0 Å². The summed E-state index contributed by atoms with van der Waals surface area (Å²) in [5, 5.41) is 8.10. The van der Waals surface area contributed by atoms with Crippen LogP contribution in [0, 0.1) is 0 Å². The second-order valence-electron chi connectivity index (χ2n) is 8.09. The number of halogens is 6. The average Bonchev–Trinajstić information content (AvgIpc) is 3.49. The minimum absolute atomic E-state index is 0.0195. The van der Waals surface area contributed by atoms with Gasteiger partial charge in [-0.05, 0) is 54.6 Å². The van der Waals surface area contributed by atoms with Crippen LogP contribution in [-0.4, -0.2) is 45.7 Å². The van der Waals surface area contributed by atoms with Crippen LogP contribution in [0.2, 0.25) is 0 Å². The van der Waals surface area contributed by atoms with Gasteiger partial charge < -0.3 is 10.1 Å². The lowest BCUT2D eigenvalue weighted by atomic mass is 10.2. The van der Waals surface area contributed by atoms with Crippen molar-refractivity contribution in [2.45, 2.75) is 22.1 Å². The summed E-state index contributed by atoms with van der Waals surface area (Å²) in [6.07, 6.45) is -6.11. The molecule has 0 spiro atoms. The smallest absolute Gasteiger partial charge is 0.475 e. The van der Waals surface area contributed by atoms with E-state index in [1.807, 2.05) is 18.3 Å². The summed E-state index contributed by atoms with van der Waals surface area (Å²) in [5.74, 6) is -3.27. The van der Waals surface area contributed by atoms with E-state index in [2.05, 4.69) is 9.97 Å². The van der Waals surface area contributed by atoms with Gasteiger partial charge in [0, 0.05) is 33.3 Å². The number of anilines is 2. The van der Waals surface area contributed by atoms with Crippen LogP contribution in [0.5, 0.6) is 0 Å². The highest BCUT2D eigenvalue weighted by atomic mass is 32.2. The van der Waals surface area contributed by atoms with Crippen molar-refractivity contribution in [3.8, 4) is 0 Å². The van der Waals surface area contributed by atoms with Gasteiger partial charge in [-0.3, -0.25) is 9.69 Å². The van der Waals surface area contributed by atoms with Gasteiger partial charge in [-0.1, -0.05) is 17.8 Å². The zero-order valence-corrected chi connectivity index (χ0v) is 20.6. The maximum atomic E-state index is 13.0. The van der Waals surface area contributed by atoms with Crippen LogP contribution in [0.4, 0.5) is 42.5 Å². The number of nitrogens with one attached hydrogen (secondary N) is 1. The zero-order valence-electron chi connectivity index (χ0n) is 19.8. The van der Waals surface area contributed by atoms with Crippen LogP contribution < -0.4 is 9.80 Å². The highest BCUT2D eigenvalue weighted by Crippen LogP contribution is 2.36. The first-order chi connectivity index (χ1) is 18.8. The molecular weight excluding hydrogens is 566 g/mol. The molecule has 1 fully saturated rings. The molecule has 1 aliphatic heterocycles. The summed E-state index contributed by atoms with van der Waals surface area (Å²) < 4.78 is 70.9. The number of urea groups is 1. The molecule has 2 aromatic carbocycles. The Morgan fingerprint density at radius 1 is 0.950 bits per heavy atom. The number of hydrogen-bond donors (Lipinski definition) is 2. The molecule has 0 radical (unpaired) electrons. The number of fused-ring (bicyclic) bond motifs is 1. The molecule has 4 aromatic rings. The Morgan fingerprint density at radius 2 is 1.62 bits per heavy atom. The number of carboxylic acids is 1. The molecule has 15 heteroatoms. The molecule has 0 unspecified atom stereocenters. The topological polar surface area (TPSA) is 107 Å². The van der Waals surface area contributed by atoms with Gasteiger partial charge in [-0.15, -0.1) is 0 Å². The summed E-state index contributed by atoms with van der Waals surface area (Å²) >= 11 is 1.51. The van der Waals surface area contributed by atoms with Crippen molar-refractivity contribution in [3.05, 3.63) is 78.6 Å². The van der Waals surface area contributed by atoms with Crippen LogP contribution in [0.25, 0.3) is 11.0 Å². The molecular formula is C25H16F6N4O4S. The molecule has 0 aliphatic carbocycles. The first-order valence-corrected chi connectivity index (χ1v) is 11.9. The molecule has 208 valence electrons. The molecule has 1 aliphatic rings. The van der Waals surface area contributed by atoms with E-state index in [9.17, 15) is 35.9 Å². The Bertz CT molecular complexity index is 1570. The van der Waals surface area contributed by atoms with Gasteiger partial charge in [0.1, 0.15) is 12.2 Å². The number of carboxylic acid groups (broad SMARTS) is 1. The van der Waals surface area contributed by atoms with E-state index in [0.29, 0.717) is 5.69 Å². The molecule has 3 heterocycles. The number of rotatable bonds is 4. The molecule has 0 atom stereocenters. The van der Waals surface area contributed by atoms with E-state index >= 15 is 0 Å². The standard InChI is InChI=1S/C23H15F3N4O2S.C2HF3O2/c24-23(25,26)14-2-1-3-16(12-14)29-13-20(31)30(22(29)32)15-4-6-17(7-5-15)33-19-9-11-28-21-18(19)8-10-27-21;3-2(4,5)1(6)7/h1-12H,13H2,(H,27,28);(H,6,7). The number of carbonyl (C=O) groups is 3. The Labute approximate surface area is 225 Å². The molecule has 5 rings (SSSR count). The van der Waals surface area contributed by atoms with Crippen LogP contribution >= 0.6 is 11.8 Å². The number of hydrogen-bond acceptors (Lipinski definition) is 5. The van der Waals surface area contributed by atoms with Crippen molar-refractivity contribution in [2.75, 3.05) is 16.3 Å². The van der Waals surface area contributed by atoms with Crippen molar-refractivity contribution in [1.29, 1.82) is 0 Å². The third-order valence-corrected chi connectivity index (χ3v) is 6.52. The fourth-order valence-corrected chi connectivity index (χ4v) is 4.55. The highest BCUT2D eigenvalue weighted by Gasteiger charge is 2.39. The first kappa shape index (κ1) is 28.5. The van der Waals surface area contributed by atoms with E-state index in [-0.39, 0.29) is 12.2 Å². The number of nitrogens with zero attached hydrogens (tertiary/aromatic N) is 3. The van der Waals surface area contributed by atoms with Gasteiger partial charge in [0.25, 0.3) is 5.91 Å². The summed E-state index contributed by atoms with van der Waals surface area (Å²) in [7, 11) is 0. The van der Waals surface area contributed by atoms with E-state index in [1.54, 1.807) is 30.5 Å². The molecule has 3 amide bonds. The minimum Gasteiger partial charge on any atom is -0.475 e. The van der Waals surface area contributed by atoms with E-state index in [4.69, 9.17) is 9.90 Å². The summed E-state index contributed by atoms with van der Waals surface area (Å²) in [5.41, 5.74) is 0.267. The molecule has 40 heavy (non-hydrogen) atoms. The van der Waals surface area contributed by atoms with Crippen molar-refractivity contribution in [3.63, 3.8) is 0 Å². The minimum atomic E-state index is -5.08. The van der Waals surface area contributed by atoms with Crippen LogP contribution in [0.1, 0.15) is 5.56 Å². The lowest BCUT2D eigenvalue weighted by molar-refractivity contribution is -0.192. The normalized spacial score (nSPS) is 13.9. The lowest BCUT2D eigenvalue weighted by Crippen LogP contribution is -2.33. The first-order valence-electron chi connectivity index (χ1n) is 11.1. The second-order valence-corrected chi connectivity index (χ2v) is 9.21. The van der Waals surface area contributed by atoms with Gasteiger partial charge in [0.05, 0.1) is 11.3 Å². The molecule has 2 aromatic heterocycles. The quantitative estimate of drug-likeness (QED) is 0.215. The van der Waals surface area contributed by atoms with Crippen molar-refractivity contribution in [2.24, 2.45) is 0 Å². The largest absolute Gasteiger partial charge is 0.490 e. The third-order valence-electron chi connectivity index (χ3n) is 5.44. The number of benzene rings is 2. The molecule has 1 saturated heterocycles. The van der Waals surface area contributed by atoms with Crippen molar-refractivity contribution in [1.82, 2.24) is 9.97 Å². The summed E-state index contributed by atoms with van der Waals surface area (Å²) in [4.78, 5) is 45.6. The number of H-pyrrole nitrogens is 1. The molecule has 0 saturated carbocycles. The number of aliphatic carboxylic acids is 1. The number of imide groups is 1. The van der Waals surface area contributed by atoms with Crippen LogP contribution in [-0.2, 0) is 15.8 Å². The number of alkyl halides is 6. The SMILES string of the molecule is O=C(O)C(F)(F)F.O=C1CN(c2cccc(C(F)(F)F)c2)C(=O)N1c1ccc(Sc2ccnc3[nH]ccc23)cc1. The predicted molar refractivity (Wildman–Crippen MR) is 132 cm³/mol. The average molecular weight is 582 g/mol. The predicted octanol–water partition coefficient (Wildman–Crippen LogP) is 6.34. The fourth-order valence-electron chi connectivity index (χ4n) is 3.62. The maximum Gasteiger partial charge on any atom is 0.490 e. The fraction of sp³-hybridized carbons (Fsp3) is 0.120. The Morgan fingerprint density at radius 3 is 2.25 bits per heavy atom. The Hall–Kier alpha value is -4.53. The number of pyridine rings is 1. The van der Waals surface area contributed by atoms with E-state index in [1.165, 1.54) is 23.9 Å². The Kier molecular flexibility index (Phi) is 7.77. The van der Waals surface area contributed by atoms with Gasteiger partial charge in [-0.25, -0.2) is 19.5 Å². The van der Waals surface area contributed by atoms with E-state index in [0.717, 1.165) is 42.8 Å². The van der Waals surface area contributed by atoms with Gasteiger partial charge in [0.15, 0.2) is 0 Å². The second kappa shape index (κ2) is 10.9. The van der Waals surface area contributed by atoms with Crippen molar-refractivity contribution >= 4 is 52.1 Å². The number of aromatic nitrogens is 2. The zero-order chi connectivity index (χ0) is 29.2. The monoisotopic (exact) mass is 582 g/mol. The third kappa shape index (κ3) is 6.20. The number of carbonyl (C=O) groups excluding carboxylic acids is 2. The van der Waals surface area contributed by atoms with Gasteiger partial charge >= 0.3 is 24.4 Å². The maximum absolute atomic E-state index is 13.0. The molecule has 8 nitrogen and oxygen atoms in total. The highest BCUT2D eigenvalue weighted by molar-refractivity contribution is 7.99.